The fourth-order valence-corrected chi connectivity index (χ4v) is 0.882. The third kappa shape index (κ3) is 1.88. The predicted molar refractivity (Wildman–Crippen MR) is 41.6 cm³/mol. The van der Waals surface area contributed by atoms with Gasteiger partial charge in [-0.15, -0.1) is 0 Å². The first kappa shape index (κ1) is 6.91. The van der Waals surface area contributed by atoms with Gasteiger partial charge in [-0.25, -0.2) is 0 Å². The van der Waals surface area contributed by atoms with Crippen LogP contribution in [0.5, 0.6) is 0 Å². The van der Waals surface area contributed by atoms with Gasteiger partial charge in [-0.05, 0) is 12.5 Å². The minimum atomic E-state index is 0.616. The lowest BCUT2D eigenvalue weighted by Gasteiger charge is -1.89. The number of hydrogen-bond donors (Lipinski definition) is 0. The zero-order valence-electron chi connectivity index (χ0n) is 4.77. The summed E-state index contributed by atoms with van der Waals surface area (Å²) in [6, 6.07) is 0. The molecule has 0 bridgehead atoms. The maximum atomic E-state index is 5.69. The summed E-state index contributed by atoms with van der Waals surface area (Å²) in [6.45, 7) is 0. The summed E-state index contributed by atoms with van der Waals surface area (Å²) in [5.41, 5.74) is 0. The topological polar surface area (TPSA) is 0 Å². The van der Waals surface area contributed by atoms with Gasteiger partial charge in [0.1, 0.15) is 0 Å². The van der Waals surface area contributed by atoms with Crippen molar-refractivity contribution in [2.45, 2.75) is 6.42 Å². The van der Waals surface area contributed by atoms with Crippen molar-refractivity contribution in [1.29, 1.82) is 0 Å². The summed E-state index contributed by atoms with van der Waals surface area (Å²) in [5, 5.41) is 1.26. The van der Waals surface area contributed by atoms with Gasteiger partial charge in [0.2, 0.25) is 0 Å². The Labute approximate surface area is 64.5 Å². The standard InChI is InChI=1S/C7H6Cl2/c8-6-4-2-1-3-5-7(6)9/h1-2,4-5H,3H2. The molecule has 0 aromatic carbocycles. The van der Waals surface area contributed by atoms with Crippen molar-refractivity contribution in [2.24, 2.45) is 0 Å². The van der Waals surface area contributed by atoms with Crippen LogP contribution in [0.3, 0.4) is 0 Å². The molecule has 1 aliphatic rings. The lowest BCUT2D eigenvalue weighted by Crippen LogP contribution is -1.67. The number of hydrogen-bond acceptors (Lipinski definition) is 0. The van der Waals surface area contributed by atoms with Crippen molar-refractivity contribution >= 4 is 23.2 Å². The van der Waals surface area contributed by atoms with Gasteiger partial charge >= 0.3 is 0 Å². The predicted octanol–water partition coefficient (Wildman–Crippen LogP) is 3.19. The molecule has 0 aliphatic heterocycles. The maximum absolute atomic E-state index is 5.69. The Kier molecular flexibility index (Phi) is 2.38. The van der Waals surface area contributed by atoms with Crippen LogP contribution < -0.4 is 0 Å². The zero-order valence-corrected chi connectivity index (χ0v) is 6.28. The van der Waals surface area contributed by atoms with E-state index in [0.717, 1.165) is 6.42 Å². The maximum Gasteiger partial charge on any atom is 0.0589 e. The molecular formula is C7H6Cl2. The van der Waals surface area contributed by atoms with E-state index in [4.69, 9.17) is 23.2 Å². The van der Waals surface area contributed by atoms with Gasteiger partial charge in [-0.1, -0.05) is 41.4 Å². The van der Waals surface area contributed by atoms with Crippen LogP contribution in [0.1, 0.15) is 6.42 Å². The van der Waals surface area contributed by atoms with Crippen LogP contribution in [0.15, 0.2) is 34.4 Å². The molecule has 1 rings (SSSR count). The second-order valence-electron chi connectivity index (χ2n) is 1.73. The van der Waals surface area contributed by atoms with Crippen LogP contribution in [0.2, 0.25) is 0 Å². The summed E-state index contributed by atoms with van der Waals surface area (Å²) >= 11 is 11.4. The summed E-state index contributed by atoms with van der Waals surface area (Å²) in [4.78, 5) is 0. The molecule has 0 spiro atoms. The van der Waals surface area contributed by atoms with Crippen LogP contribution in [-0.4, -0.2) is 0 Å². The Hall–Kier alpha value is -0.200. The second kappa shape index (κ2) is 3.09. The Morgan fingerprint density at radius 3 is 2.78 bits per heavy atom. The number of allylic oxidation sites excluding steroid dienone is 6. The fourth-order valence-electron chi connectivity index (χ4n) is 0.580. The van der Waals surface area contributed by atoms with E-state index < -0.39 is 0 Å². The minimum Gasteiger partial charge on any atom is -0.0831 e. The molecule has 0 heterocycles. The Morgan fingerprint density at radius 2 is 2.00 bits per heavy atom. The van der Waals surface area contributed by atoms with E-state index in [1.165, 1.54) is 0 Å². The van der Waals surface area contributed by atoms with E-state index in [0.29, 0.717) is 10.1 Å². The monoisotopic (exact) mass is 160 g/mol. The Morgan fingerprint density at radius 1 is 1.22 bits per heavy atom. The molecule has 0 nitrogen and oxygen atoms in total. The summed E-state index contributed by atoms with van der Waals surface area (Å²) in [7, 11) is 0. The molecule has 0 atom stereocenters. The van der Waals surface area contributed by atoms with Gasteiger partial charge in [-0.2, -0.15) is 0 Å². The van der Waals surface area contributed by atoms with Crippen LogP contribution >= 0.6 is 23.2 Å². The molecule has 0 N–H and O–H groups in total. The number of halogens is 2. The molecule has 0 radical (unpaired) electrons. The quantitative estimate of drug-likeness (QED) is 0.511. The molecule has 0 aromatic heterocycles. The van der Waals surface area contributed by atoms with Crippen molar-refractivity contribution in [3.63, 3.8) is 0 Å². The van der Waals surface area contributed by atoms with E-state index in [2.05, 4.69) is 0 Å². The smallest absolute Gasteiger partial charge is 0.0589 e. The third-order valence-corrected chi connectivity index (χ3v) is 1.82. The largest absolute Gasteiger partial charge is 0.0831 e. The Bertz CT molecular complexity index is 187. The third-order valence-electron chi connectivity index (χ3n) is 1.04. The molecule has 48 valence electrons. The van der Waals surface area contributed by atoms with E-state index >= 15 is 0 Å². The molecule has 1 aliphatic carbocycles. The molecule has 0 aromatic rings. The van der Waals surface area contributed by atoms with Crippen LogP contribution in [0, 0.1) is 0 Å². The van der Waals surface area contributed by atoms with Gasteiger partial charge in [0.25, 0.3) is 0 Å². The van der Waals surface area contributed by atoms with Crippen LogP contribution in [0.25, 0.3) is 0 Å². The highest BCUT2D eigenvalue weighted by Crippen LogP contribution is 2.21. The van der Waals surface area contributed by atoms with Crippen LogP contribution in [-0.2, 0) is 0 Å². The van der Waals surface area contributed by atoms with E-state index in [1.54, 1.807) is 6.08 Å². The normalized spacial score (nSPS) is 18.4. The summed E-state index contributed by atoms with van der Waals surface area (Å²) in [6.07, 6.45) is 8.43. The first-order valence-corrected chi connectivity index (χ1v) is 3.44. The van der Waals surface area contributed by atoms with E-state index in [1.807, 2.05) is 18.2 Å². The zero-order chi connectivity index (χ0) is 6.69. The molecule has 2 heteroatoms. The van der Waals surface area contributed by atoms with Crippen molar-refractivity contribution in [2.75, 3.05) is 0 Å². The Balaban J connectivity index is 2.85. The van der Waals surface area contributed by atoms with Crippen molar-refractivity contribution in [3.05, 3.63) is 34.4 Å². The van der Waals surface area contributed by atoms with Gasteiger partial charge in [0.15, 0.2) is 0 Å². The van der Waals surface area contributed by atoms with Gasteiger partial charge < -0.3 is 0 Å². The van der Waals surface area contributed by atoms with Crippen molar-refractivity contribution < 1.29 is 0 Å². The summed E-state index contributed by atoms with van der Waals surface area (Å²) in [5.74, 6) is 0. The molecule has 0 saturated heterocycles. The van der Waals surface area contributed by atoms with Crippen molar-refractivity contribution in [3.8, 4) is 0 Å². The lowest BCUT2D eigenvalue weighted by atomic mass is 10.4. The molecule has 0 amide bonds. The average Bonchev–Trinajstić information content (AvgIpc) is 1.99. The first-order chi connectivity index (χ1) is 4.30. The molecular weight excluding hydrogens is 155 g/mol. The van der Waals surface area contributed by atoms with Crippen molar-refractivity contribution in [1.82, 2.24) is 0 Å². The molecule has 9 heavy (non-hydrogen) atoms. The van der Waals surface area contributed by atoms with Gasteiger partial charge in [-0.3, -0.25) is 0 Å². The van der Waals surface area contributed by atoms with Gasteiger partial charge in [0.05, 0.1) is 10.1 Å². The molecule has 0 unspecified atom stereocenters. The highest BCUT2D eigenvalue weighted by Gasteiger charge is 1.96. The fraction of sp³-hybridized carbons (Fsp3) is 0.143. The first-order valence-electron chi connectivity index (χ1n) is 2.69. The SMILES string of the molecule is ClC1=CC=CCC=C1Cl. The van der Waals surface area contributed by atoms with Gasteiger partial charge in [0, 0.05) is 0 Å². The minimum absolute atomic E-state index is 0.616. The van der Waals surface area contributed by atoms with E-state index in [9.17, 15) is 0 Å². The lowest BCUT2D eigenvalue weighted by molar-refractivity contribution is 1.40. The highest BCUT2D eigenvalue weighted by molar-refractivity contribution is 6.44. The van der Waals surface area contributed by atoms with E-state index in [-0.39, 0.29) is 0 Å². The average molecular weight is 161 g/mol. The number of rotatable bonds is 0. The second-order valence-corrected chi connectivity index (χ2v) is 2.54. The summed E-state index contributed by atoms with van der Waals surface area (Å²) < 4.78 is 0. The molecule has 0 saturated carbocycles. The molecule has 0 fully saturated rings. The highest BCUT2D eigenvalue weighted by atomic mass is 35.5. The van der Waals surface area contributed by atoms with Crippen LogP contribution in [0.4, 0.5) is 0 Å².